The number of likely N-dealkylation sites (N-methyl/N-ethyl adjacent to an activating group) is 1. The molecule has 0 aliphatic carbocycles. The molecule has 106 valence electrons. The molecule has 0 radical (unpaired) electrons. The molecule has 1 N–H and O–H groups in total. The maximum Gasteiger partial charge on any atom is 0.0409 e. The van der Waals surface area contributed by atoms with Gasteiger partial charge in [-0.15, -0.1) is 0 Å². The van der Waals surface area contributed by atoms with Crippen molar-refractivity contribution in [3.8, 4) is 0 Å². The second kappa shape index (κ2) is 6.43. The predicted molar refractivity (Wildman–Crippen MR) is 87.6 cm³/mol. The lowest BCUT2D eigenvalue weighted by molar-refractivity contribution is 0.586. The summed E-state index contributed by atoms with van der Waals surface area (Å²) in [7, 11) is 2.01. The number of aryl methyl sites for hydroxylation is 3. The van der Waals surface area contributed by atoms with Gasteiger partial charge < -0.3 is 5.32 Å². The fraction of sp³-hybridized carbons (Fsp3) is 0.333. The zero-order valence-corrected chi connectivity index (χ0v) is 13.4. The van der Waals surface area contributed by atoms with E-state index in [4.69, 9.17) is 11.6 Å². The Labute approximate surface area is 127 Å². The molecule has 0 aliphatic heterocycles. The quantitative estimate of drug-likeness (QED) is 0.854. The van der Waals surface area contributed by atoms with Gasteiger partial charge in [-0.1, -0.05) is 35.9 Å². The Bertz CT molecular complexity index is 584. The lowest BCUT2D eigenvalue weighted by Gasteiger charge is -2.21. The van der Waals surface area contributed by atoms with Crippen LogP contribution >= 0.6 is 11.6 Å². The topological polar surface area (TPSA) is 12.0 Å². The second-order valence-electron chi connectivity index (χ2n) is 5.42. The van der Waals surface area contributed by atoms with Crippen LogP contribution in [-0.4, -0.2) is 7.05 Å². The van der Waals surface area contributed by atoms with Gasteiger partial charge in [0.25, 0.3) is 0 Å². The number of nitrogens with one attached hydrogen (secondary N) is 1. The Morgan fingerprint density at radius 2 is 1.65 bits per heavy atom. The number of halogens is 1. The van der Waals surface area contributed by atoms with E-state index in [2.05, 4.69) is 56.4 Å². The molecule has 0 spiro atoms. The fourth-order valence-electron chi connectivity index (χ4n) is 2.73. The second-order valence-corrected chi connectivity index (χ2v) is 5.85. The maximum atomic E-state index is 6.16. The van der Waals surface area contributed by atoms with Crippen molar-refractivity contribution in [3.05, 3.63) is 69.2 Å². The zero-order chi connectivity index (χ0) is 14.7. The van der Waals surface area contributed by atoms with Crippen LogP contribution in [0.1, 0.15) is 33.9 Å². The van der Waals surface area contributed by atoms with Gasteiger partial charge in [-0.2, -0.15) is 0 Å². The van der Waals surface area contributed by atoms with Crippen molar-refractivity contribution in [2.45, 2.75) is 33.2 Å². The van der Waals surface area contributed by atoms with Crippen molar-refractivity contribution < 1.29 is 0 Å². The Hall–Kier alpha value is -1.31. The summed E-state index contributed by atoms with van der Waals surface area (Å²) < 4.78 is 0. The Balaban J connectivity index is 2.36. The Kier molecular flexibility index (Phi) is 4.85. The molecular formula is C18H22ClN. The molecule has 1 atom stereocenters. The highest BCUT2D eigenvalue weighted by molar-refractivity contribution is 6.30. The van der Waals surface area contributed by atoms with Crippen molar-refractivity contribution in [3.63, 3.8) is 0 Å². The molecule has 20 heavy (non-hydrogen) atoms. The van der Waals surface area contributed by atoms with Gasteiger partial charge in [0.15, 0.2) is 0 Å². The lowest BCUT2D eigenvalue weighted by Crippen LogP contribution is -2.20. The smallest absolute Gasteiger partial charge is 0.0409 e. The van der Waals surface area contributed by atoms with E-state index in [0.29, 0.717) is 0 Å². The molecule has 1 nitrogen and oxygen atoms in total. The molecule has 2 aromatic rings. The molecule has 0 heterocycles. The minimum atomic E-state index is 0.286. The van der Waals surface area contributed by atoms with E-state index in [0.717, 1.165) is 11.4 Å². The summed E-state index contributed by atoms with van der Waals surface area (Å²) in [5.41, 5.74) is 6.68. The van der Waals surface area contributed by atoms with Crippen molar-refractivity contribution >= 4 is 11.6 Å². The Morgan fingerprint density at radius 3 is 2.25 bits per heavy atom. The molecule has 2 rings (SSSR count). The van der Waals surface area contributed by atoms with Gasteiger partial charge in [0.1, 0.15) is 0 Å². The summed E-state index contributed by atoms with van der Waals surface area (Å²) >= 11 is 6.16. The molecule has 1 unspecified atom stereocenters. The minimum Gasteiger partial charge on any atom is -0.313 e. The number of benzene rings is 2. The van der Waals surface area contributed by atoms with Crippen molar-refractivity contribution in [2.75, 3.05) is 7.05 Å². The average molecular weight is 288 g/mol. The lowest BCUT2D eigenvalue weighted by atomic mass is 9.91. The van der Waals surface area contributed by atoms with Crippen LogP contribution in [0.3, 0.4) is 0 Å². The van der Waals surface area contributed by atoms with E-state index >= 15 is 0 Å². The normalized spacial score (nSPS) is 12.4. The molecule has 2 heteroatoms. The van der Waals surface area contributed by atoms with E-state index in [9.17, 15) is 0 Å². The molecule has 0 aromatic heterocycles. The molecule has 0 bridgehead atoms. The standard InChI is InChI=1S/C18H22ClN/c1-12-6-5-7-13(2)16(12)11-18(20-4)17-10-15(19)9-8-14(17)3/h5-10,18,20H,11H2,1-4H3. The average Bonchev–Trinajstić information content (AvgIpc) is 2.42. The van der Waals surface area contributed by atoms with E-state index in [-0.39, 0.29) is 6.04 Å². The van der Waals surface area contributed by atoms with Crippen LogP contribution in [0, 0.1) is 20.8 Å². The first-order chi connectivity index (χ1) is 9.52. The van der Waals surface area contributed by atoms with Crippen molar-refractivity contribution in [1.82, 2.24) is 5.32 Å². The van der Waals surface area contributed by atoms with E-state index < -0.39 is 0 Å². The molecule has 0 fully saturated rings. The highest BCUT2D eigenvalue weighted by Gasteiger charge is 2.15. The Morgan fingerprint density at radius 1 is 1.00 bits per heavy atom. The van der Waals surface area contributed by atoms with Gasteiger partial charge in [-0.25, -0.2) is 0 Å². The van der Waals surface area contributed by atoms with Gasteiger partial charge in [0, 0.05) is 11.1 Å². The van der Waals surface area contributed by atoms with Crippen LogP contribution in [0.15, 0.2) is 36.4 Å². The van der Waals surface area contributed by atoms with Crippen molar-refractivity contribution in [2.24, 2.45) is 0 Å². The monoisotopic (exact) mass is 287 g/mol. The van der Waals surface area contributed by atoms with Gasteiger partial charge in [-0.05, 0) is 74.2 Å². The summed E-state index contributed by atoms with van der Waals surface area (Å²) in [5.74, 6) is 0. The first kappa shape index (κ1) is 15.1. The minimum absolute atomic E-state index is 0.286. The first-order valence-electron chi connectivity index (χ1n) is 7.01. The van der Waals surface area contributed by atoms with Gasteiger partial charge >= 0.3 is 0 Å². The summed E-state index contributed by atoms with van der Waals surface area (Å²) in [5, 5.41) is 4.23. The van der Waals surface area contributed by atoms with Gasteiger partial charge in [0.05, 0.1) is 0 Å². The molecule has 2 aromatic carbocycles. The maximum absolute atomic E-state index is 6.16. The zero-order valence-electron chi connectivity index (χ0n) is 12.6. The summed E-state index contributed by atoms with van der Waals surface area (Å²) in [6.45, 7) is 6.50. The highest BCUT2D eigenvalue weighted by Crippen LogP contribution is 2.27. The molecule has 0 aliphatic rings. The largest absolute Gasteiger partial charge is 0.313 e. The number of hydrogen-bond acceptors (Lipinski definition) is 1. The highest BCUT2D eigenvalue weighted by atomic mass is 35.5. The van der Waals surface area contributed by atoms with E-state index in [1.165, 1.54) is 27.8 Å². The van der Waals surface area contributed by atoms with Crippen LogP contribution in [-0.2, 0) is 6.42 Å². The SMILES string of the molecule is CNC(Cc1c(C)cccc1C)c1cc(Cl)ccc1C. The number of rotatable bonds is 4. The van der Waals surface area contributed by atoms with Gasteiger partial charge in [-0.3, -0.25) is 0 Å². The summed E-state index contributed by atoms with van der Waals surface area (Å²) in [4.78, 5) is 0. The first-order valence-corrected chi connectivity index (χ1v) is 7.39. The van der Waals surface area contributed by atoms with Crippen LogP contribution in [0.5, 0.6) is 0 Å². The summed E-state index contributed by atoms with van der Waals surface area (Å²) in [6, 6.07) is 12.9. The molecule has 0 saturated heterocycles. The molecular weight excluding hydrogens is 266 g/mol. The summed E-state index contributed by atoms with van der Waals surface area (Å²) in [6.07, 6.45) is 0.982. The fourth-order valence-corrected chi connectivity index (χ4v) is 2.91. The number of hydrogen-bond donors (Lipinski definition) is 1. The van der Waals surface area contributed by atoms with E-state index in [1.54, 1.807) is 0 Å². The third-order valence-electron chi connectivity index (χ3n) is 4.02. The predicted octanol–water partition coefficient (Wildman–Crippen LogP) is 4.77. The van der Waals surface area contributed by atoms with Crippen LogP contribution in [0.2, 0.25) is 5.02 Å². The van der Waals surface area contributed by atoms with Crippen LogP contribution in [0.4, 0.5) is 0 Å². The van der Waals surface area contributed by atoms with Crippen LogP contribution in [0.25, 0.3) is 0 Å². The molecule has 0 saturated carbocycles. The third-order valence-corrected chi connectivity index (χ3v) is 4.25. The third kappa shape index (κ3) is 3.23. The van der Waals surface area contributed by atoms with Crippen molar-refractivity contribution in [1.29, 1.82) is 0 Å². The van der Waals surface area contributed by atoms with Crippen LogP contribution < -0.4 is 5.32 Å². The van der Waals surface area contributed by atoms with Gasteiger partial charge in [0.2, 0.25) is 0 Å². The van der Waals surface area contributed by atoms with E-state index in [1.807, 2.05) is 13.1 Å². The molecule has 0 amide bonds.